The van der Waals surface area contributed by atoms with Gasteiger partial charge < -0.3 is 4.74 Å². The normalized spacial score (nSPS) is 28.3. The molecular formula is C12H23NO2. The molecule has 1 fully saturated rings. The van der Waals surface area contributed by atoms with Crippen LogP contribution >= 0.6 is 0 Å². The van der Waals surface area contributed by atoms with E-state index in [-0.39, 0.29) is 17.7 Å². The number of hydrogen-bond donors (Lipinski definition) is 0. The summed E-state index contributed by atoms with van der Waals surface area (Å²) in [6.45, 7) is 8.97. The van der Waals surface area contributed by atoms with Gasteiger partial charge in [0, 0.05) is 13.0 Å². The molecule has 0 radical (unpaired) electrons. The number of rotatable bonds is 3. The van der Waals surface area contributed by atoms with E-state index in [2.05, 4.69) is 25.7 Å². The van der Waals surface area contributed by atoms with E-state index >= 15 is 0 Å². The fourth-order valence-corrected chi connectivity index (χ4v) is 2.15. The molecule has 3 nitrogen and oxygen atoms in total. The number of carbonyl (C=O) groups is 1. The molecule has 0 aromatic heterocycles. The highest BCUT2D eigenvalue weighted by molar-refractivity contribution is 5.84. The fraction of sp³-hybridized carbons (Fsp3) is 0.917. The average Bonchev–Trinajstić information content (AvgIpc) is 2.42. The lowest BCUT2D eigenvalue weighted by atomic mass is 10.1. The van der Waals surface area contributed by atoms with E-state index in [1.165, 1.54) is 0 Å². The van der Waals surface area contributed by atoms with Crippen LogP contribution in [0.3, 0.4) is 0 Å². The Labute approximate surface area is 92.8 Å². The molecule has 15 heavy (non-hydrogen) atoms. The van der Waals surface area contributed by atoms with Crippen LogP contribution in [0.15, 0.2) is 0 Å². The van der Waals surface area contributed by atoms with Crippen molar-refractivity contribution >= 4 is 5.78 Å². The molecule has 0 aromatic rings. The number of carbonyl (C=O) groups excluding carboxylic acids is 1. The van der Waals surface area contributed by atoms with Crippen LogP contribution < -0.4 is 0 Å². The Hall–Kier alpha value is -0.410. The van der Waals surface area contributed by atoms with E-state index in [9.17, 15) is 4.79 Å². The highest BCUT2D eigenvalue weighted by Gasteiger charge is 2.35. The minimum Gasteiger partial charge on any atom is -0.371 e. The summed E-state index contributed by atoms with van der Waals surface area (Å²) in [6, 6.07) is 0.0716. The molecular weight excluding hydrogens is 190 g/mol. The van der Waals surface area contributed by atoms with Gasteiger partial charge in [-0.15, -0.1) is 0 Å². The summed E-state index contributed by atoms with van der Waals surface area (Å²) in [5.74, 6) is 0.331. The Kier molecular flexibility index (Phi) is 3.90. The summed E-state index contributed by atoms with van der Waals surface area (Å²) in [6.07, 6.45) is 1.67. The van der Waals surface area contributed by atoms with Crippen LogP contribution in [0.4, 0.5) is 0 Å². The quantitative estimate of drug-likeness (QED) is 0.716. The summed E-state index contributed by atoms with van der Waals surface area (Å²) in [4.78, 5) is 13.8. The van der Waals surface area contributed by atoms with E-state index in [0.29, 0.717) is 12.2 Å². The summed E-state index contributed by atoms with van der Waals surface area (Å²) in [7, 11) is 2.00. The van der Waals surface area contributed by atoms with Crippen LogP contribution in [0.25, 0.3) is 0 Å². The van der Waals surface area contributed by atoms with Crippen molar-refractivity contribution in [2.45, 2.75) is 58.3 Å². The second-order valence-corrected chi connectivity index (χ2v) is 5.36. The third-order valence-corrected chi connectivity index (χ3v) is 2.75. The summed E-state index contributed by atoms with van der Waals surface area (Å²) < 4.78 is 5.90. The minimum absolute atomic E-state index is 0.0716. The highest BCUT2D eigenvalue weighted by Crippen LogP contribution is 2.24. The standard InChI is InChI=1S/C12H23NO2/c1-6-11(14)10-7-9(8-13(10)5)15-12(2,3)4/h9-10H,6-8H2,1-5H3/t9-,10+/m1/s1. The average molecular weight is 213 g/mol. The summed E-state index contributed by atoms with van der Waals surface area (Å²) in [5, 5.41) is 0. The van der Waals surface area contributed by atoms with E-state index in [4.69, 9.17) is 4.74 Å². The maximum Gasteiger partial charge on any atom is 0.149 e. The van der Waals surface area contributed by atoms with Crippen molar-refractivity contribution in [3.63, 3.8) is 0 Å². The number of likely N-dealkylation sites (tertiary alicyclic amines) is 1. The zero-order chi connectivity index (χ0) is 11.6. The lowest BCUT2D eigenvalue weighted by Crippen LogP contribution is -2.32. The van der Waals surface area contributed by atoms with Crippen LogP contribution in [-0.2, 0) is 9.53 Å². The third kappa shape index (κ3) is 3.58. The molecule has 0 spiro atoms. The van der Waals surface area contributed by atoms with Crippen molar-refractivity contribution in [1.82, 2.24) is 4.90 Å². The second-order valence-electron chi connectivity index (χ2n) is 5.36. The van der Waals surface area contributed by atoms with Crippen molar-refractivity contribution in [1.29, 1.82) is 0 Å². The monoisotopic (exact) mass is 213 g/mol. The highest BCUT2D eigenvalue weighted by atomic mass is 16.5. The molecule has 0 amide bonds. The van der Waals surface area contributed by atoms with Crippen molar-refractivity contribution in [3.8, 4) is 0 Å². The van der Waals surface area contributed by atoms with E-state index in [1.54, 1.807) is 0 Å². The van der Waals surface area contributed by atoms with Crippen molar-refractivity contribution in [3.05, 3.63) is 0 Å². The molecule has 1 heterocycles. The number of ketones is 1. The van der Waals surface area contributed by atoms with Crippen molar-refractivity contribution < 1.29 is 9.53 Å². The predicted molar refractivity (Wildman–Crippen MR) is 61.0 cm³/mol. The zero-order valence-corrected chi connectivity index (χ0v) is 10.5. The molecule has 1 aliphatic heterocycles. The van der Waals surface area contributed by atoms with Gasteiger partial charge in [0.2, 0.25) is 0 Å². The number of ether oxygens (including phenoxy) is 1. The first-order valence-corrected chi connectivity index (χ1v) is 5.74. The van der Waals surface area contributed by atoms with Crippen LogP contribution in [0.2, 0.25) is 0 Å². The van der Waals surface area contributed by atoms with Crippen LogP contribution in [-0.4, -0.2) is 42.0 Å². The van der Waals surface area contributed by atoms with Crippen LogP contribution in [0.1, 0.15) is 40.5 Å². The number of likely N-dealkylation sites (N-methyl/N-ethyl adjacent to an activating group) is 1. The molecule has 2 atom stereocenters. The first-order valence-electron chi connectivity index (χ1n) is 5.74. The van der Waals surface area contributed by atoms with Gasteiger partial charge in [0.25, 0.3) is 0 Å². The molecule has 88 valence electrons. The molecule has 1 rings (SSSR count). The van der Waals surface area contributed by atoms with Gasteiger partial charge in [0.15, 0.2) is 0 Å². The van der Waals surface area contributed by atoms with Crippen LogP contribution in [0, 0.1) is 0 Å². The molecule has 0 bridgehead atoms. The van der Waals surface area contributed by atoms with Gasteiger partial charge in [-0.1, -0.05) is 6.92 Å². The molecule has 0 unspecified atom stereocenters. The molecule has 1 saturated heterocycles. The largest absolute Gasteiger partial charge is 0.371 e. The van der Waals surface area contributed by atoms with E-state index in [0.717, 1.165) is 13.0 Å². The SMILES string of the molecule is CCC(=O)[C@@H]1C[C@@H](OC(C)(C)C)CN1C. The van der Waals surface area contributed by atoms with Gasteiger partial charge in [0.05, 0.1) is 17.7 Å². The number of Topliss-reactive ketones (excluding diaryl/α,β-unsaturated/α-hetero) is 1. The molecule has 1 aliphatic rings. The molecule has 0 N–H and O–H groups in total. The summed E-state index contributed by atoms with van der Waals surface area (Å²) >= 11 is 0. The smallest absolute Gasteiger partial charge is 0.149 e. The van der Waals surface area contributed by atoms with Gasteiger partial charge in [-0.25, -0.2) is 0 Å². The number of hydrogen-bond acceptors (Lipinski definition) is 3. The second kappa shape index (κ2) is 4.62. The van der Waals surface area contributed by atoms with Gasteiger partial charge in [-0.3, -0.25) is 9.69 Å². The third-order valence-electron chi connectivity index (χ3n) is 2.75. The van der Waals surface area contributed by atoms with Gasteiger partial charge in [-0.2, -0.15) is 0 Å². The van der Waals surface area contributed by atoms with E-state index in [1.807, 2.05) is 14.0 Å². The maximum absolute atomic E-state index is 11.6. The molecule has 3 heteroatoms. The lowest BCUT2D eigenvalue weighted by Gasteiger charge is -2.24. The number of nitrogens with zero attached hydrogens (tertiary/aromatic N) is 1. The van der Waals surface area contributed by atoms with Crippen LogP contribution in [0.5, 0.6) is 0 Å². The van der Waals surface area contributed by atoms with Gasteiger partial charge in [0.1, 0.15) is 5.78 Å². The first kappa shape index (κ1) is 12.7. The first-order chi connectivity index (χ1) is 6.83. The fourth-order valence-electron chi connectivity index (χ4n) is 2.15. The lowest BCUT2D eigenvalue weighted by molar-refractivity contribution is -0.122. The topological polar surface area (TPSA) is 29.5 Å². The molecule has 0 aliphatic carbocycles. The Bertz CT molecular complexity index is 232. The Balaban J connectivity index is 2.52. The zero-order valence-electron chi connectivity index (χ0n) is 10.5. The van der Waals surface area contributed by atoms with Crippen molar-refractivity contribution in [2.75, 3.05) is 13.6 Å². The predicted octanol–water partition coefficient (Wildman–Crippen LogP) is 1.85. The van der Waals surface area contributed by atoms with Gasteiger partial charge >= 0.3 is 0 Å². The summed E-state index contributed by atoms with van der Waals surface area (Å²) in [5.41, 5.74) is -0.115. The molecule has 0 aromatic carbocycles. The van der Waals surface area contributed by atoms with Gasteiger partial charge in [-0.05, 0) is 34.2 Å². The Morgan fingerprint density at radius 2 is 2.07 bits per heavy atom. The van der Waals surface area contributed by atoms with Crippen molar-refractivity contribution in [2.24, 2.45) is 0 Å². The Morgan fingerprint density at radius 3 is 2.53 bits per heavy atom. The van der Waals surface area contributed by atoms with E-state index < -0.39 is 0 Å². The minimum atomic E-state index is -0.115. The Morgan fingerprint density at radius 1 is 1.47 bits per heavy atom. The molecule has 0 saturated carbocycles. The maximum atomic E-state index is 11.6.